The summed E-state index contributed by atoms with van der Waals surface area (Å²) in [5.74, 6) is -1.14. The maximum Gasteiger partial charge on any atom is 0.338 e. The van der Waals surface area contributed by atoms with Crippen molar-refractivity contribution < 1.29 is 28.7 Å². The van der Waals surface area contributed by atoms with Gasteiger partial charge < -0.3 is 24.6 Å². The van der Waals surface area contributed by atoms with E-state index in [0.29, 0.717) is 44.8 Å². The molecule has 3 saturated heterocycles. The number of rotatable bonds is 3. The minimum absolute atomic E-state index is 0.0828. The molecule has 210 valence electrons. The smallest absolute Gasteiger partial charge is 0.338 e. The lowest BCUT2D eigenvalue weighted by Gasteiger charge is -2.38. The third-order valence-electron chi connectivity index (χ3n) is 8.93. The second kappa shape index (κ2) is 10.2. The molecular weight excluding hydrogens is 512 g/mol. The lowest BCUT2D eigenvalue weighted by Crippen LogP contribution is -2.57. The standard InChI is InChI=1S/C30H34N4O6/c1-39-22-16-19(15-20(17-22)28(37)40-2)27(36)32-11-6-10-31-26(35)24-18-21-7-5-12-34(21)30(24)23-8-3-4-9-25(23)33(14-13-32)29(30)38/h3-4,8-9,15-17,21,24H,5-7,10-14,18H2,1-2H3,(H,31,35)/t21-,24+,30+/m0/s1. The second-order valence-electron chi connectivity index (χ2n) is 10.9. The zero-order chi connectivity index (χ0) is 28.0. The van der Waals surface area contributed by atoms with Gasteiger partial charge in [0.1, 0.15) is 11.3 Å². The number of nitrogens with one attached hydrogen (secondary N) is 1. The van der Waals surface area contributed by atoms with E-state index in [-0.39, 0.29) is 34.9 Å². The number of hydrogen-bond acceptors (Lipinski definition) is 7. The normalized spacial score (nSPS) is 26.2. The van der Waals surface area contributed by atoms with E-state index in [4.69, 9.17) is 9.47 Å². The van der Waals surface area contributed by atoms with Crippen LogP contribution in [-0.2, 0) is 19.9 Å². The summed E-state index contributed by atoms with van der Waals surface area (Å²) in [4.78, 5) is 59.9. The quantitative estimate of drug-likeness (QED) is 0.588. The average molecular weight is 547 g/mol. The summed E-state index contributed by atoms with van der Waals surface area (Å²) < 4.78 is 10.2. The van der Waals surface area contributed by atoms with Crippen LogP contribution in [-0.4, -0.2) is 86.5 Å². The SMILES string of the molecule is COC(=O)c1cc(OC)cc(C(=O)N2CCCNC(=O)[C@H]3C[C@@H]4CCCN4[C@@]34C(=O)N(CC2)c2ccccc24)c1. The Kier molecular flexibility index (Phi) is 6.74. The fourth-order valence-electron chi connectivity index (χ4n) is 7.18. The number of amides is 3. The molecule has 10 nitrogen and oxygen atoms in total. The number of para-hydroxylation sites is 1. The van der Waals surface area contributed by atoms with Crippen molar-refractivity contribution in [3.8, 4) is 5.75 Å². The topological polar surface area (TPSA) is 108 Å². The van der Waals surface area contributed by atoms with E-state index < -0.39 is 17.4 Å². The van der Waals surface area contributed by atoms with Crippen LogP contribution in [0.4, 0.5) is 5.69 Å². The van der Waals surface area contributed by atoms with Crippen molar-refractivity contribution in [2.45, 2.75) is 37.3 Å². The highest BCUT2D eigenvalue weighted by atomic mass is 16.5. The third-order valence-corrected chi connectivity index (χ3v) is 8.93. The highest BCUT2D eigenvalue weighted by Crippen LogP contribution is 2.57. The van der Waals surface area contributed by atoms with Gasteiger partial charge in [-0.25, -0.2) is 4.79 Å². The van der Waals surface area contributed by atoms with E-state index in [1.807, 2.05) is 24.3 Å². The van der Waals surface area contributed by atoms with Crippen molar-refractivity contribution in [1.29, 1.82) is 0 Å². The Morgan fingerprint density at radius 1 is 0.975 bits per heavy atom. The fourth-order valence-corrected chi connectivity index (χ4v) is 7.18. The summed E-state index contributed by atoms with van der Waals surface area (Å²) in [6, 6.07) is 12.6. The van der Waals surface area contributed by atoms with Gasteiger partial charge in [-0.15, -0.1) is 0 Å². The number of carbonyl (C=O) groups excluding carboxylic acids is 4. The Labute approximate surface area is 233 Å². The largest absolute Gasteiger partial charge is 0.497 e. The maximum absolute atomic E-state index is 14.5. The lowest BCUT2D eigenvalue weighted by atomic mass is 9.78. The van der Waals surface area contributed by atoms with Crippen LogP contribution in [0, 0.1) is 5.92 Å². The molecular formula is C30H34N4O6. The molecule has 0 unspecified atom stereocenters. The van der Waals surface area contributed by atoms with Gasteiger partial charge in [-0.2, -0.15) is 0 Å². The third kappa shape index (κ3) is 3.96. The molecule has 4 aliphatic rings. The van der Waals surface area contributed by atoms with Gasteiger partial charge in [-0.3, -0.25) is 19.3 Å². The first-order chi connectivity index (χ1) is 19.4. The molecule has 4 aliphatic heterocycles. The molecule has 0 radical (unpaired) electrons. The number of fused-ring (bicyclic) bond motifs is 4. The number of nitrogens with zero attached hydrogens (tertiary/aromatic N) is 3. The Hall–Kier alpha value is -3.92. The van der Waals surface area contributed by atoms with E-state index >= 15 is 0 Å². The Bertz CT molecular complexity index is 1380. The van der Waals surface area contributed by atoms with Crippen LogP contribution in [0.2, 0.25) is 0 Å². The highest BCUT2D eigenvalue weighted by Gasteiger charge is 2.67. The number of carbonyl (C=O) groups is 4. The molecule has 0 aromatic heterocycles. The number of methoxy groups -OCH3 is 2. The maximum atomic E-state index is 14.5. The fraction of sp³-hybridized carbons (Fsp3) is 0.467. The van der Waals surface area contributed by atoms with Crippen LogP contribution in [0.1, 0.15) is 52.0 Å². The van der Waals surface area contributed by atoms with Gasteiger partial charge in [0.2, 0.25) is 5.91 Å². The summed E-state index contributed by atoms with van der Waals surface area (Å²) in [7, 11) is 2.75. The predicted octanol–water partition coefficient (Wildman–Crippen LogP) is 2.17. The number of ether oxygens (including phenoxy) is 2. The minimum Gasteiger partial charge on any atom is -0.497 e. The molecule has 6 rings (SSSR count). The van der Waals surface area contributed by atoms with Crippen molar-refractivity contribution in [2.24, 2.45) is 5.92 Å². The molecule has 4 heterocycles. The van der Waals surface area contributed by atoms with Crippen molar-refractivity contribution >= 4 is 29.4 Å². The first kappa shape index (κ1) is 26.3. The van der Waals surface area contributed by atoms with Crippen LogP contribution in [0.3, 0.4) is 0 Å². The zero-order valence-electron chi connectivity index (χ0n) is 22.9. The van der Waals surface area contributed by atoms with Gasteiger partial charge in [0.25, 0.3) is 11.8 Å². The van der Waals surface area contributed by atoms with Crippen LogP contribution in [0.15, 0.2) is 42.5 Å². The number of anilines is 1. The van der Waals surface area contributed by atoms with Gasteiger partial charge >= 0.3 is 5.97 Å². The number of esters is 1. The molecule has 3 atom stereocenters. The van der Waals surface area contributed by atoms with Gasteiger partial charge in [0.05, 0.1) is 25.7 Å². The lowest BCUT2D eigenvalue weighted by molar-refractivity contribution is -0.139. The number of benzene rings is 2. The zero-order valence-corrected chi connectivity index (χ0v) is 22.9. The summed E-state index contributed by atoms with van der Waals surface area (Å²) in [5.41, 5.74) is 1.18. The molecule has 0 aliphatic carbocycles. The molecule has 0 saturated carbocycles. The first-order valence-electron chi connectivity index (χ1n) is 13.9. The van der Waals surface area contributed by atoms with Crippen molar-refractivity contribution in [3.05, 3.63) is 59.2 Å². The van der Waals surface area contributed by atoms with Crippen molar-refractivity contribution in [2.75, 3.05) is 51.8 Å². The van der Waals surface area contributed by atoms with E-state index in [1.165, 1.54) is 26.4 Å². The van der Waals surface area contributed by atoms with Gasteiger partial charge in [-0.1, -0.05) is 18.2 Å². The van der Waals surface area contributed by atoms with Crippen molar-refractivity contribution in [1.82, 2.24) is 15.1 Å². The van der Waals surface area contributed by atoms with Gasteiger partial charge in [-0.05, 0) is 56.5 Å². The van der Waals surface area contributed by atoms with E-state index in [0.717, 1.165) is 30.6 Å². The van der Waals surface area contributed by atoms with Crippen LogP contribution in [0.5, 0.6) is 5.75 Å². The molecule has 40 heavy (non-hydrogen) atoms. The Morgan fingerprint density at radius 3 is 2.58 bits per heavy atom. The van der Waals surface area contributed by atoms with Crippen molar-refractivity contribution in [3.63, 3.8) is 0 Å². The molecule has 3 fully saturated rings. The average Bonchev–Trinajstić information content (AvgIpc) is 3.64. The molecule has 10 heteroatoms. The van der Waals surface area contributed by atoms with E-state index in [9.17, 15) is 19.2 Å². The summed E-state index contributed by atoms with van der Waals surface area (Å²) in [6.45, 7) is 2.14. The Balaban J connectivity index is 1.36. The highest BCUT2D eigenvalue weighted by molar-refractivity contribution is 6.11. The Morgan fingerprint density at radius 2 is 1.77 bits per heavy atom. The molecule has 2 aromatic carbocycles. The van der Waals surface area contributed by atoms with E-state index in [2.05, 4.69) is 10.2 Å². The number of hydrogen-bond donors (Lipinski definition) is 1. The summed E-state index contributed by atoms with van der Waals surface area (Å²) in [6.07, 6.45) is 3.21. The molecule has 1 N–H and O–H groups in total. The molecule has 2 bridgehead atoms. The van der Waals surface area contributed by atoms with Gasteiger partial charge in [0, 0.05) is 49.0 Å². The van der Waals surface area contributed by atoms with Gasteiger partial charge in [0.15, 0.2) is 0 Å². The second-order valence-corrected chi connectivity index (χ2v) is 10.9. The minimum atomic E-state index is -1.02. The monoisotopic (exact) mass is 546 g/mol. The molecule has 3 amide bonds. The van der Waals surface area contributed by atoms with Crippen LogP contribution in [0.25, 0.3) is 0 Å². The first-order valence-corrected chi connectivity index (χ1v) is 13.9. The molecule has 2 aromatic rings. The van der Waals surface area contributed by atoms with E-state index in [1.54, 1.807) is 15.9 Å². The van der Waals surface area contributed by atoms with Crippen LogP contribution >= 0.6 is 0 Å². The predicted molar refractivity (Wildman–Crippen MR) is 146 cm³/mol. The molecule has 1 spiro atoms. The summed E-state index contributed by atoms with van der Waals surface area (Å²) >= 11 is 0. The summed E-state index contributed by atoms with van der Waals surface area (Å²) in [5, 5.41) is 3.08. The van der Waals surface area contributed by atoms with Crippen LogP contribution < -0.4 is 15.0 Å².